The Bertz CT molecular complexity index is 643. The molecule has 2 nitrogen and oxygen atoms in total. The number of rotatable bonds is 2. The van der Waals surface area contributed by atoms with Gasteiger partial charge in [0, 0.05) is 29.7 Å². The molecule has 2 aromatic rings. The number of hydrogen-bond acceptors (Lipinski definition) is 3. The second-order valence-electron chi connectivity index (χ2n) is 5.18. The number of halogens is 3. The Kier molecular flexibility index (Phi) is 3.65. The average Bonchev–Trinajstić information content (AvgIpc) is 3.08. The van der Waals surface area contributed by atoms with Crippen LogP contribution in [0.5, 0.6) is 0 Å². The lowest BCUT2D eigenvalue weighted by Crippen LogP contribution is -2.22. The van der Waals surface area contributed by atoms with Gasteiger partial charge in [0.2, 0.25) is 0 Å². The first-order chi connectivity index (χ1) is 9.95. The van der Waals surface area contributed by atoms with E-state index in [4.69, 9.17) is 0 Å². The minimum atomic E-state index is -4.35. The number of nitrogens with zero attached hydrogens (tertiary/aromatic N) is 2. The fraction of sp³-hybridized carbons (Fsp3) is 0.400. The molecule has 3 rings (SSSR count). The van der Waals surface area contributed by atoms with Gasteiger partial charge in [-0.3, -0.25) is 0 Å². The molecule has 1 aliphatic heterocycles. The van der Waals surface area contributed by atoms with E-state index in [9.17, 15) is 13.2 Å². The van der Waals surface area contributed by atoms with Gasteiger partial charge in [0.25, 0.3) is 0 Å². The zero-order valence-corrected chi connectivity index (χ0v) is 12.4. The molecule has 0 radical (unpaired) electrons. The minimum Gasteiger partial charge on any atom is -0.371 e. The van der Waals surface area contributed by atoms with Crippen molar-refractivity contribution in [1.29, 1.82) is 0 Å². The number of aryl methyl sites for hydroxylation is 1. The molecule has 0 aliphatic carbocycles. The van der Waals surface area contributed by atoms with E-state index in [1.54, 1.807) is 17.5 Å². The van der Waals surface area contributed by atoms with E-state index in [0.717, 1.165) is 17.8 Å². The summed E-state index contributed by atoms with van der Waals surface area (Å²) in [7, 11) is 0. The van der Waals surface area contributed by atoms with Gasteiger partial charge in [0.05, 0.1) is 16.3 Å². The van der Waals surface area contributed by atoms with Crippen LogP contribution < -0.4 is 4.90 Å². The Morgan fingerprint density at radius 2 is 1.90 bits per heavy atom. The third-order valence-corrected chi connectivity index (χ3v) is 4.44. The quantitative estimate of drug-likeness (QED) is 0.796. The van der Waals surface area contributed by atoms with Crippen molar-refractivity contribution in [1.82, 2.24) is 4.98 Å². The molecule has 0 amide bonds. The molecule has 112 valence electrons. The van der Waals surface area contributed by atoms with Crippen LogP contribution in [0.25, 0.3) is 11.3 Å². The van der Waals surface area contributed by atoms with Crippen molar-refractivity contribution >= 4 is 17.0 Å². The molecule has 6 heteroatoms. The van der Waals surface area contributed by atoms with Crippen molar-refractivity contribution in [2.75, 3.05) is 18.0 Å². The van der Waals surface area contributed by atoms with E-state index in [-0.39, 0.29) is 5.69 Å². The van der Waals surface area contributed by atoms with Crippen LogP contribution in [0.15, 0.2) is 23.6 Å². The van der Waals surface area contributed by atoms with Crippen LogP contribution in [0.4, 0.5) is 18.9 Å². The Morgan fingerprint density at radius 3 is 2.48 bits per heavy atom. The number of thiazole rings is 1. The van der Waals surface area contributed by atoms with Crippen molar-refractivity contribution in [2.24, 2.45) is 0 Å². The van der Waals surface area contributed by atoms with Crippen LogP contribution >= 0.6 is 11.3 Å². The summed E-state index contributed by atoms with van der Waals surface area (Å²) in [5.41, 5.74) is 0.855. The van der Waals surface area contributed by atoms with Gasteiger partial charge in [-0.15, -0.1) is 11.3 Å². The summed E-state index contributed by atoms with van der Waals surface area (Å²) in [5.74, 6) is 0. The van der Waals surface area contributed by atoms with Gasteiger partial charge in [-0.05, 0) is 31.9 Å². The summed E-state index contributed by atoms with van der Waals surface area (Å²) < 4.78 is 40.1. The van der Waals surface area contributed by atoms with Gasteiger partial charge in [-0.1, -0.05) is 6.07 Å². The molecule has 1 fully saturated rings. The summed E-state index contributed by atoms with van der Waals surface area (Å²) in [6.07, 6.45) is -2.45. The smallest absolute Gasteiger partial charge is 0.371 e. The Balaban J connectivity index is 2.06. The van der Waals surface area contributed by atoms with Gasteiger partial charge in [-0.25, -0.2) is 4.98 Å². The molecule has 21 heavy (non-hydrogen) atoms. The first-order valence-electron chi connectivity index (χ1n) is 6.84. The SMILES string of the molecule is Cc1nc(-c2ccc(N3CCCC3)c(C(F)(F)F)c2)cs1. The van der Waals surface area contributed by atoms with E-state index in [1.807, 2.05) is 11.8 Å². The second kappa shape index (κ2) is 5.33. The summed E-state index contributed by atoms with van der Waals surface area (Å²) in [4.78, 5) is 6.09. The summed E-state index contributed by atoms with van der Waals surface area (Å²) in [6, 6.07) is 4.54. The van der Waals surface area contributed by atoms with E-state index in [2.05, 4.69) is 4.98 Å². The van der Waals surface area contributed by atoms with Gasteiger partial charge >= 0.3 is 6.18 Å². The first-order valence-corrected chi connectivity index (χ1v) is 7.72. The largest absolute Gasteiger partial charge is 0.418 e. The van der Waals surface area contributed by atoms with Gasteiger partial charge in [-0.2, -0.15) is 13.2 Å². The molecule has 1 saturated heterocycles. The van der Waals surface area contributed by atoms with Gasteiger partial charge < -0.3 is 4.90 Å². The summed E-state index contributed by atoms with van der Waals surface area (Å²) >= 11 is 1.44. The van der Waals surface area contributed by atoms with Crippen molar-refractivity contribution in [3.63, 3.8) is 0 Å². The second-order valence-corrected chi connectivity index (χ2v) is 6.24. The molecular formula is C15H15F3N2S. The molecule has 1 aromatic heterocycles. The number of anilines is 1. The molecule has 1 aliphatic rings. The molecule has 0 atom stereocenters. The standard InChI is InChI=1S/C15H15F3N2S/c1-10-19-13(9-21-10)11-4-5-14(20-6-2-3-7-20)12(8-11)15(16,17)18/h4-5,8-9H,2-3,6-7H2,1H3. The van der Waals surface area contributed by atoms with Crippen LogP contribution in [0.2, 0.25) is 0 Å². The van der Waals surface area contributed by atoms with Gasteiger partial charge in [0.1, 0.15) is 0 Å². The maximum Gasteiger partial charge on any atom is 0.418 e. The maximum atomic E-state index is 13.4. The van der Waals surface area contributed by atoms with E-state index in [1.165, 1.54) is 17.4 Å². The normalized spacial score (nSPS) is 15.7. The number of hydrogen-bond donors (Lipinski definition) is 0. The molecule has 0 bridgehead atoms. The molecule has 0 N–H and O–H groups in total. The monoisotopic (exact) mass is 312 g/mol. The fourth-order valence-electron chi connectivity index (χ4n) is 2.65. The van der Waals surface area contributed by atoms with Crippen molar-refractivity contribution < 1.29 is 13.2 Å². The first kappa shape index (κ1) is 14.4. The lowest BCUT2D eigenvalue weighted by molar-refractivity contribution is -0.137. The molecule has 2 heterocycles. The van der Waals surface area contributed by atoms with Crippen molar-refractivity contribution in [3.8, 4) is 11.3 Å². The molecule has 0 saturated carbocycles. The Morgan fingerprint density at radius 1 is 1.19 bits per heavy atom. The minimum absolute atomic E-state index is 0.288. The van der Waals surface area contributed by atoms with Crippen molar-refractivity contribution in [2.45, 2.75) is 25.9 Å². The summed E-state index contributed by atoms with van der Waals surface area (Å²) in [5, 5.41) is 2.64. The van der Waals surface area contributed by atoms with Crippen LogP contribution in [0, 0.1) is 6.92 Å². The molecular weight excluding hydrogens is 297 g/mol. The zero-order valence-electron chi connectivity index (χ0n) is 11.6. The predicted octanol–water partition coefficient (Wildman–Crippen LogP) is 4.74. The highest BCUT2D eigenvalue weighted by molar-refractivity contribution is 7.09. The van der Waals surface area contributed by atoms with E-state index >= 15 is 0 Å². The molecule has 1 aromatic carbocycles. The predicted molar refractivity (Wildman–Crippen MR) is 78.7 cm³/mol. The lowest BCUT2D eigenvalue weighted by atomic mass is 10.1. The van der Waals surface area contributed by atoms with E-state index in [0.29, 0.717) is 24.3 Å². The highest BCUT2D eigenvalue weighted by Gasteiger charge is 2.35. The van der Waals surface area contributed by atoms with Crippen LogP contribution in [-0.2, 0) is 6.18 Å². The fourth-order valence-corrected chi connectivity index (χ4v) is 3.27. The van der Waals surface area contributed by atoms with Gasteiger partial charge in [0.15, 0.2) is 0 Å². The average molecular weight is 312 g/mol. The third-order valence-electron chi connectivity index (χ3n) is 3.66. The van der Waals surface area contributed by atoms with Crippen LogP contribution in [0.3, 0.4) is 0 Å². The van der Waals surface area contributed by atoms with Crippen molar-refractivity contribution in [3.05, 3.63) is 34.2 Å². The third kappa shape index (κ3) is 2.90. The maximum absolute atomic E-state index is 13.4. The Hall–Kier alpha value is -1.56. The molecule has 0 unspecified atom stereocenters. The molecule has 0 spiro atoms. The highest BCUT2D eigenvalue weighted by Crippen LogP contribution is 2.40. The Labute approximate surface area is 125 Å². The highest BCUT2D eigenvalue weighted by atomic mass is 32.1. The number of aromatic nitrogens is 1. The zero-order chi connectivity index (χ0) is 15.0. The van der Waals surface area contributed by atoms with E-state index < -0.39 is 11.7 Å². The number of alkyl halides is 3. The lowest BCUT2D eigenvalue weighted by Gasteiger charge is -2.23. The van der Waals surface area contributed by atoms with Crippen LogP contribution in [0.1, 0.15) is 23.4 Å². The van der Waals surface area contributed by atoms with Crippen LogP contribution in [-0.4, -0.2) is 18.1 Å². The summed E-state index contributed by atoms with van der Waals surface area (Å²) in [6.45, 7) is 3.23. The number of benzene rings is 1. The topological polar surface area (TPSA) is 16.1 Å².